The molecule has 0 spiro atoms. The minimum absolute atomic E-state index is 0.142. The van der Waals surface area contributed by atoms with Crippen molar-refractivity contribution in [3.8, 4) is 0 Å². The van der Waals surface area contributed by atoms with E-state index in [1.54, 1.807) is 0 Å². The summed E-state index contributed by atoms with van der Waals surface area (Å²) in [7, 11) is 1.28. The lowest BCUT2D eigenvalue weighted by molar-refractivity contribution is -0.140. The van der Waals surface area contributed by atoms with Gasteiger partial charge < -0.3 is 10.1 Å². The fraction of sp³-hybridized carbons (Fsp3) is 0.357. The van der Waals surface area contributed by atoms with Crippen LogP contribution in [0.5, 0.6) is 0 Å². The van der Waals surface area contributed by atoms with Gasteiger partial charge in [0.1, 0.15) is 12.3 Å². The minimum Gasteiger partial charge on any atom is -0.468 e. The Labute approximate surface area is 111 Å². The summed E-state index contributed by atoms with van der Waals surface area (Å²) in [5.74, 6) is -0.810. The van der Waals surface area contributed by atoms with Crippen LogP contribution in [0.15, 0.2) is 29.3 Å². The number of aliphatic imine (C=N–C) groups is 1. The highest BCUT2D eigenvalue weighted by Crippen LogP contribution is 2.16. The van der Waals surface area contributed by atoms with Gasteiger partial charge in [0.05, 0.1) is 7.11 Å². The van der Waals surface area contributed by atoms with Gasteiger partial charge in [-0.15, -0.1) is 0 Å². The lowest BCUT2D eigenvalue weighted by Crippen LogP contribution is -2.36. The van der Waals surface area contributed by atoms with Gasteiger partial charge in [-0.25, -0.2) is 0 Å². The summed E-state index contributed by atoms with van der Waals surface area (Å²) in [6, 6.07) is 7.72. The average Bonchev–Trinajstić information content (AvgIpc) is 2.66. The molecule has 1 aliphatic rings. The third-order valence-electron chi connectivity index (χ3n) is 2.98. The highest BCUT2D eigenvalue weighted by molar-refractivity contribution is 6.45. The molecule has 0 saturated carbocycles. The number of hydrogen-bond donors (Lipinski definition) is 1. The SMILES string of the molecule is COC(=O)CNC(=O)C1=NCCCc2ccccc21. The lowest BCUT2D eigenvalue weighted by atomic mass is 10.00. The number of carbonyl (C=O) groups is 2. The molecule has 0 fully saturated rings. The zero-order valence-corrected chi connectivity index (χ0v) is 10.8. The molecule has 1 heterocycles. The van der Waals surface area contributed by atoms with Crippen LogP contribution in [-0.2, 0) is 20.7 Å². The molecular weight excluding hydrogens is 244 g/mol. The topological polar surface area (TPSA) is 67.8 Å². The van der Waals surface area contributed by atoms with Crippen molar-refractivity contribution in [2.75, 3.05) is 20.2 Å². The highest BCUT2D eigenvalue weighted by Gasteiger charge is 2.19. The molecule has 1 aromatic carbocycles. The monoisotopic (exact) mass is 260 g/mol. The lowest BCUT2D eigenvalue weighted by Gasteiger charge is -2.09. The number of methoxy groups -OCH3 is 1. The zero-order chi connectivity index (χ0) is 13.7. The van der Waals surface area contributed by atoms with E-state index in [0.717, 1.165) is 24.0 Å². The fourth-order valence-corrected chi connectivity index (χ4v) is 2.02. The summed E-state index contributed by atoms with van der Waals surface area (Å²) in [5, 5.41) is 2.53. The Kier molecular flexibility index (Phi) is 4.28. The molecule has 5 heteroatoms. The number of rotatable bonds is 3. The van der Waals surface area contributed by atoms with Crippen molar-refractivity contribution in [1.82, 2.24) is 5.32 Å². The van der Waals surface area contributed by atoms with Gasteiger partial charge >= 0.3 is 5.97 Å². The molecule has 100 valence electrons. The summed E-state index contributed by atoms with van der Waals surface area (Å²) in [5.41, 5.74) is 2.37. The Hall–Kier alpha value is -2.17. The molecule has 1 N–H and O–H groups in total. The van der Waals surface area contributed by atoms with Crippen LogP contribution in [0.1, 0.15) is 17.5 Å². The van der Waals surface area contributed by atoms with Crippen molar-refractivity contribution < 1.29 is 14.3 Å². The molecule has 1 aromatic rings. The molecule has 1 amide bonds. The van der Waals surface area contributed by atoms with Gasteiger partial charge in [-0.3, -0.25) is 14.6 Å². The maximum absolute atomic E-state index is 12.1. The number of fused-ring (bicyclic) bond motifs is 1. The van der Waals surface area contributed by atoms with E-state index < -0.39 is 5.97 Å². The van der Waals surface area contributed by atoms with Gasteiger partial charge in [-0.1, -0.05) is 24.3 Å². The fourth-order valence-electron chi connectivity index (χ4n) is 2.02. The van der Waals surface area contributed by atoms with Gasteiger partial charge in [0, 0.05) is 12.1 Å². The second-order valence-corrected chi connectivity index (χ2v) is 4.25. The number of nitrogens with zero attached hydrogens (tertiary/aromatic N) is 1. The van der Waals surface area contributed by atoms with E-state index in [1.807, 2.05) is 24.3 Å². The van der Waals surface area contributed by atoms with Crippen LogP contribution < -0.4 is 5.32 Å². The summed E-state index contributed by atoms with van der Waals surface area (Å²) < 4.78 is 4.49. The Morgan fingerprint density at radius 3 is 2.95 bits per heavy atom. The number of hydrogen-bond acceptors (Lipinski definition) is 4. The number of carbonyl (C=O) groups excluding carboxylic acids is 2. The van der Waals surface area contributed by atoms with E-state index in [0.29, 0.717) is 12.3 Å². The van der Waals surface area contributed by atoms with Crippen molar-refractivity contribution in [3.63, 3.8) is 0 Å². The van der Waals surface area contributed by atoms with E-state index in [9.17, 15) is 9.59 Å². The quantitative estimate of drug-likeness (QED) is 0.814. The van der Waals surface area contributed by atoms with Crippen LogP contribution >= 0.6 is 0 Å². The number of nitrogens with one attached hydrogen (secondary N) is 1. The normalized spacial score (nSPS) is 13.8. The maximum atomic E-state index is 12.1. The molecule has 0 radical (unpaired) electrons. The number of amides is 1. The van der Waals surface area contributed by atoms with Gasteiger partial charge in [-0.2, -0.15) is 0 Å². The summed E-state index contributed by atoms with van der Waals surface area (Å²) >= 11 is 0. The minimum atomic E-state index is -0.476. The molecule has 5 nitrogen and oxygen atoms in total. The van der Waals surface area contributed by atoms with Gasteiger partial charge in [0.2, 0.25) is 0 Å². The van der Waals surface area contributed by atoms with E-state index in [1.165, 1.54) is 7.11 Å². The van der Waals surface area contributed by atoms with Crippen molar-refractivity contribution in [2.24, 2.45) is 4.99 Å². The second-order valence-electron chi connectivity index (χ2n) is 4.25. The second kappa shape index (κ2) is 6.13. The van der Waals surface area contributed by atoms with Gasteiger partial charge in [0.25, 0.3) is 5.91 Å². The van der Waals surface area contributed by atoms with Crippen molar-refractivity contribution in [2.45, 2.75) is 12.8 Å². The molecule has 0 unspecified atom stereocenters. The predicted octanol–water partition coefficient (Wildman–Crippen LogP) is 0.711. The molecular formula is C14H16N2O3. The van der Waals surface area contributed by atoms with Crippen LogP contribution in [0.3, 0.4) is 0 Å². The third-order valence-corrected chi connectivity index (χ3v) is 2.98. The van der Waals surface area contributed by atoms with Crippen molar-refractivity contribution in [1.29, 1.82) is 0 Å². The Bertz CT molecular complexity index is 523. The van der Waals surface area contributed by atoms with Crippen LogP contribution in [0.25, 0.3) is 0 Å². The Morgan fingerprint density at radius 2 is 2.16 bits per heavy atom. The van der Waals surface area contributed by atoms with Crippen molar-refractivity contribution >= 4 is 17.6 Å². The molecule has 0 atom stereocenters. The van der Waals surface area contributed by atoms with E-state index >= 15 is 0 Å². The molecule has 0 saturated heterocycles. The number of benzene rings is 1. The zero-order valence-electron chi connectivity index (χ0n) is 10.8. The molecule has 0 aromatic heterocycles. The van der Waals surface area contributed by atoms with Crippen LogP contribution in [-0.4, -0.2) is 37.8 Å². The standard InChI is InChI=1S/C14H16N2O3/c1-19-12(17)9-16-14(18)13-11-7-3-2-5-10(11)6-4-8-15-13/h2-3,5,7H,4,6,8-9H2,1H3,(H,16,18). The highest BCUT2D eigenvalue weighted by atomic mass is 16.5. The van der Waals surface area contributed by atoms with Crippen LogP contribution in [0.2, 0.25) is 0 Å². The van der Waals surface area contributed by atoms with E-state index in [-0.39, 0.29) is 12.5 Å². The molecule has 2 rings (SSSR count). The molecule has 1 aliphatic heterocycles. The molecule has 0 bridgehead atoms. The van der Waals surface area contributed by atoms with Gasteiger partial charge in [-0.05, 0) is 18.4 Å². The summed E-state index contributed by atoms with van der Waals surface area (Å²) in [4.78, 5) is 27.4. The average molecular weight is 260 g/mol. The van der Waals surface area contributed by atoms with Crippen molar-refractivity contribution in [3.05, 3.63) is 35.4 Å². The predicted molar refractivity (Wildman–Crippen MR) is 71.2 cm³/mol. The molecule has 0 aliphatic carbocycles. The molecule has 19 heavy (non-hydrogen) atoms. The summed E-state index contributed by atoms with van der Waals surface area (Å²) in [6.07, 6.45) is 1.83. The first-order valence-corrected chi connectivity index (χ1v) is 6.20. The first kappa shape index (κ1) is 13.3. The van der Waals surface area contributed by atoms with Crippen LogP contribution in [0.4, 0.5) is 0 Å². The summed E-state index contributed by atoms with van der Waals surface area (Å²) in [6.45, 7) is 0.478. The Morgan fingerprint density at radius 1 is 1.37 bits per heavy atom. The smallest absolute Gasteiger partial charge is 0.325 e. The first-order chi connectivity index (χ1) is 9.22. The van der Waals surface area contributed by atoms with E-state index in [4.69, 9.17) is 0 Å². The van der Waals surface area contributed by atoms with Gasteiger partial charge in [0.15, 0.2) is 0 Å². The maximum Gasteiger partial charge on any atom is 0.325 e. The van der Waals surface area contributed by atoms with Crippen LogP contribution in [0, 0.1) is 0 Å². The third kappa shape index (κ3) is 3.19. The number of esters is 1. The number of aryl methyl sites for hydroxylation is 1. The first-order valence-electron chi connectivity index (χ1n) is 6.20. The van der Waals surface area contributed by atoms with E-state index in [2.05, 4.69) is 15.0 Å². The largest absolute Gasteiger partial charge is 0.468 e. The Balaban J connectivity index is 2.17. The number of ether oxygens (including phenoxy) is 1.